The van der Waals surface area contributed by atoms with Crippen molar-refractivity contribution >= 4 is 41.2 Å². The molecule has 10 nitrogen and oxygen atoms in total. The van der Waals surface area contributed by atoms with Gasteiger partial charge >= 0.3 is 11.9 Å². The summed E-state index contributed by atoms with van der Waals surface area (Å²) in [5.74, 6) is -0.759. The van der Waals surface area contributed by atoms with Crippen molar-refractivity contribution < 1.29 is 33.1 Å². The van der Waals surface area contributed by atoms with Gasteiger partial charge in [-0.1, -0.05) is 20.8 Å². The number of ether oxygens (including phenoxy) is 2. The molecule has 0 aliphatic carbocycles. The van der Waals surface area contributed by atoms with E-state index < -0.39 is 29.2 Å². The first-order valence-electron chi connectivity index (χ1n) is 11.0. The fourth-order valence-corrected chi connectivity index (χ4v) is 3.78. The summed E-state index contributed by atoms with van der Waals surface area (Å²) in [5.41, 5.74) is -0.834. The van der Waals surface area contributed by atoms with Crippen LogP contribution in [0.2, 0.25) is 0 Å². The number of thioether (sulfide) groups is 1. The summed E-state index contributed by atoms with van der Waals surface area (Å²) in [4.78, 5) is 51.3. The Balaban J connectivity index is 1.65. The second-order valence-corrected chi connectivity index (χ2v) is 10.3. The number of carbonyl (C=O) groups excluding carboxylic acids is 4. The van der Waals surface area contributed by atoms with Crippen molar-refractivity contribution in [3.8, 4) is 11.5 Å². The van der Waals surface area contributed by atoms with Crippen LogP contribution < -0.4 is 20.1 Å². The molecule has 1 aliphatic rings. The smallest absolute Gasteiger partial charge is 0.423 e. The summed E-state index contributed by atoms with van der Waals surface area (Å²) in [6, 6.07) is 6.60. The minimum Gasteiger partial charge on any atom is -0.464 e. The minimum absolute atomic E-state index is 0.00558. The fourth-order valence-electron chi connectivity index (χ4n) is 3.03. The van der Waals surface area contributed by atoms with Crippen LogP contribution in [0.15, 0.2) is 28.7 Å². The van der Waals surface area contributed by atoms with Crippen LogP contribution in [-0.4, -0.2) is 55.0 Å². The van der Waals surface area contributed by atoms with Gasteiger partial charge in [0, 0.05) is 17.7 Å². The van der Waals surface area contributed by atoms with Crippen LogP contribution in [0, 0.1) is 5.41 Å². The SMILES string of the molecule is CN(C)Cc1ccc(CSCCNC(=O)c2ccc3c(NC(=O)C(C)(C)C)c2OC(=O)C(=O)O3)o1. The summed E-state index contributed by atoms with van der Waals surface area (Å²) in [6.07, 6.45) is 0. The average Bonchev–Trinajstić information content (AvgIpc) is 3.18. The number of hydrogen-bond acceptors (Lipinski definition) is 9. The van der Waals surface area contributed by atoms with Crippen LogP contribution in [0.4, 0.5) is 5.69 Å². The number of fused-ring (bicyclic) bond motifs is 2. The fraction of sp³-hybridized carbons (Fsp3) is 0.417. The van der Waals surface area contributed by atoms with Gasteiger partial charge in [-0.15, -0.1) is 0 Å². The highest BCUT2D eigenvalue weighted by Gasteiger charge is 2.34. The molecule has 0 saturated carbocycles. The standard InChI is InChI=1S/C24H29N3O7S/c1-24(2,3)23(31)26-18-17-9-8-16(19(18)34-22(30)21(29)33-17)20(28)25-10-11-35-13-15-7-6-14(32-15)12-27(4)5/h6-9H,10-13H2,1-5H3,(H,25,28)(H,26,31). The lowest BCUT2D eigenvalue weighted by Crippen LogP contribution is -2.29. The van der Waals surface area contributed by atoms with Crippen molar-refractivity contribution in [2.24, 2.45) is 5.41 Å². The van der Waals surface area contributed by atoms with Gasteiger partial charge in [0.05, 0.1) is 17.9 Å². The van der Waals surface area contributed by atoms with Crippen molar-refractivity contribution in [1.82, 2.24) is 10.2 Å². The minimum atomic E-state index is -1.28. The molecular weight excluding hydrogens is 474 g/mol. The molecule has 1 aromatic heterocycles. The molecule has 35 heavy (non-hydrogen) atoms. The van der Waals surface area contributed by atoms with E-state index in [1.54, 1.807) is 32.5 Å². The molecule has 0 fully saturated rings. The molecule has 2 bridgehead atoms. The van der Waals surface area contributed by atoms with E-state index in [-0.39, 0.29) is 22.7 Å². The first kappa shape index (κ1) is 26.3. The van der Waals surface area contributed by atoms with Crippen LogP contribution in [0.3, 0.4) is 0 Å². The largest absolute Gasteiger partial charge is 0.464 e. The number of benzene rings is 1. The van der Waals surface area contributed by atoms with Crippen LogP contribution >= 0.6 is 11.8 Å². The molecule has 1 aliphatic heterocycles. The number of carbonyl (C=O) groups is 4. The third-order valence-electron chi connectivity index (χ3n) is 4.81. The first-order valence-corrected chi connectivity index (χ1v) is 12.1. The second kappa shape index (κ2) is 11.0. The number of anilines is 1. The predicted molar refractivity (Wildman–Crippen MR) is 130 cm³/mol. The lowest BCUT2D eigenvalue weighted by Gasteiger charge is -2.20. The average molecular weight is 504 g/mol. The van der Waals surface area contributed by atoms with Gasteiger partial charge in [-0.25, -0.2) is 9.59 Å². The Hall–Kier alpha value is -3.31. The Bertz CT molecular complexity index is 1130. The normalized spacial score (nSPS) is 13.2. The number of amides is 2. The van der Waals surface area contributed by atoms with E-state index in [0.29, 0.717) is 18.1 Å². The summed E-state index contributed by atoms with van der Waals surface area (Å²) >= 11 is 1.59. The van der Waals surface area contributed by atoms with Crippen LogP contribution in [0.5, 0.6) is 11.5 Å². The molecule has 0 spiro atoms. The monoisotopic (exact) mass is 503 g/mol. The third kappa shape index (κ3) is 6.86. The maximum absolute atomic E-state index is 12.9. The Morgan fingerprint density at radius 3 is 2.37 bits per heavy atom. The number of esters is 2. The van der Waals surface area contributed by atoms with Gasteiger partial charge in [-0.05, 0) is 38.4 Å². The highest BCUT2D eigenvalue weighted by Crippen LogP contribution is 2.40. The molecular formula is C24H29N3O7S. The second-order valence-electron chi connectivity index (χ2n) is 9.21. The van der Waals surface area contributed by atoms with Gasteiger partial charge in [0.2, 0.25) is 5.91 Å². The Morgan fingerprint density at radius 2 is 1.69 bits per heavy atom. The van der Waals surface area contributed by atoms with E-state index in [2.05, 4.69) is 10.6 Å². The number of rotatable bonds is 9. The summed E-state index contributed by atoms with van der Waals surface area (Å²) in [5, 5.41) is 5.38. The van der Waals surface area contributed by atoms with Gasteiger partial charge in [-0.2, -0.15) is 11.8 Å². The van der Waals surface area contributed by atoms with E-state index in [1.807, 2.05) is 31.1 Å². The Morgan fingerprint density at radius 1 is 1.00 bits per heavy atom. The van der Waals surface area contributed by atoms with Gasteiger partial charge in [-0.3, -0.25) is 9.59 Å². The molecule has 11 heteroatoms. The van der Waals surface area contributed by atoms with E-state index in [1.165, 1.54) is 12.1 Å². The zero-order chi connectivity index (χ0) is 25.8. The topological polar surface area (TPSA) is 127 Å². The molecule has 0 atom stereocenters. The van der Waals surface area contributed by atoms with Crippen molar-refractivity contribution in [1.29, 1.82) is 0 Å². The van der Waals surface area contributed by atoms with E-state index in [0.717, 1.165) is 18.1 Å². The molecule has 0 saturated heterocycles. The van der Waals surface area contributed by atoms with E-state index in [9.17, 15) is 19.2 Å². The van der Waals surface area contributed by atoms with Crippen LogP contribution in [-0.2, 0) is 26.7 Å². The zero-order valence-electron chi connectivity index (χ0n) is 20.4. The van der Waals surface area contributed by atoms with Gasteiger partial charge in [0.25, 0.3) is 5.91 Å². The number of hydrogen-bond donors (Lipinski definition) is 2. The molecule has 0 radical (unpaired) electrons. The van der Waals surface area contributed by atoms with Crippen LogP contribution in [0.1, 0.15) is 42.6 Å². The molecule has 2 aromatic rings. The Labute approximate surface area is 207 Å². The van der Waals surface area contributed by atoms with Crippen molar-refractivity contribution in [3.63, 3.8) is 0 Å². The zero-order valence-corrected chi connectivity index (χ0v) is 21.2. The summed E-state index contributed by atoms with van der Waals surface area (Å²) in [6.45, 7) is 6.14. The molecule has 0 unspecified atom stereocenters. The molecule has 1 aromatic carbocycles. The molecule has 188 valence electrons. The third-order valence-corrected chi connectivity index (χ3v) is 5.79. The number of furan rings is 1. The van der Waals surface area contributed by atoms with Crippen molar-refractivity contribution in [3.05, 3.63) is 41.3 Å². The van der Waals surface area contributed by atoms with Gasteiger partial charge < -0.3 is 29.4 Å². The van der Waals surface area contributed by atoms with Gasteiger partial charge in [0.1, 0.15) is 17.2 Å². The van der Waals surface area contributed by atoms with Gasteiger partial charge in [0.15, 0.2) is 11.5 Å². The maximum Gasteiger partial charge on any atom is 0.423 e. The number of nitrogens with one attached hydrogen (secondary N) is 2. The van der Waals surface area contributed by atoms with E-state index >= 15 is 0 Å². The van der Waals surface area contributed by atoms with E-state index in [4.69, 9.17) is 13.9 Å². The Kier molecular flexibility index (Phi) is 8.23. The molecule has 2 heterocycles. The lowest BCUT2D eigenvalue weighted by atomic mass is 9.95. The lowest BCUT2D eigenvalue weighted by molar-refractivity contribution is -0.155. The molecule has 3 rings (SSSR count). The molecule has 2 N–H and O–H groups in total. The number of nitrogens with zero attached hydrogens (tertiary/aromatic N) is 1. The van der Waals surface area contributed by atoms with Crippen molar-refractivity contribution in [2.75, 3.05) is 31.7 Å². The summed E-state index contributed by atoms with van der Waals surface area (Å²) < 4.78 is 15.9. The highest BCUT2D eigenvalue weighted by atomic mass is 32.2. The first-order chi connectivity index (χ1) is 16.5. The molecule has 2 amide bonds. The maximum atomic E-state index is 12.9. The predicted octanol–water partition coefficient (Wildman–Crippen LogP) is 2.81. The van der Waals surface area contributed by atoms with Crippen LogP contribution in [0.25, 0.3) is 0 Å². The summed E-state index contributed by atoms with van der Waals surface area (Å²) in [7, 11) is 3.94. The van der Waals surface area contributed by atoms with Crippen molar-refractivity contribution in [2.45, 2.75) is 33.1 Å². The quantitative estimate of drug-likeness (QED) is 0.230. The highest BCUT2D eigenvalue weighted by molar-refractivity contribution is 7.98.